The standard InChI is InChI=1S/C10H18N2/c1-2-3-4-5-8-11-12-9-6-7-10-12/h6-7,9-11H,2-5,8H2,1H3. The molecule has 2 nitrogen and oxygen atoms in total. The van der Waals surface area contributed by atoms with E-state index < -0.39 is 0 Å². The Bertz CT molecular complexity index is 180. The first-order valence-electron chi connectivity index (χ1n) is 4.80. The molecule has 0 atom stereocenters. The van der Waals surface area contributed by atoms with Crippen LogP contribution in [0.15, 0.2) is 24.5 Å². The molecule has 0 aliphatic rings. The molecule has 0 aromatic carbocycles. The van der Waals surface area contributed by atoms with Crippen LogP contribution < -0.4 is 5.43 Å². The van der Waals surface area contributed by atoms with Gasteiger partial charge in [-0.2, -0.15) is 0 Å². The highest BCUT2D eigenvalue weighted by Gasteiger charge is 1.87. The van der Waals surface area contributed by atoms with Gasteiger partial charge in [-0.3, -0.25) is 4.68 Å². The van der Waals surface area contributed by atoms with Crippen LogP contribution in [0.1, 0.15) is 32.6 Å². The lowest BCUT2D eigenvalue weighted by atomic mass is 10.2. The number of nitrogens with zero attached hydrogens (tertiary/aromatic N) is 1. The molecule has 2 heteroatoms. The summed E-state index contributed by atoms with van der Waals surface area (Å²) in [5.74, 6) is 0. The summed E-state index contributed by atoms with van der Waals surface area (Å²) in [6.45, 7) is 3.31. The van der Waals surface area contributed by atoms with Crippen molar-refractivity contribution in [1.29, 1.82) is 0 Å². The largest absolute Gasteiger partial charge is 0.326 e. The highest BCUT2D eigenvalue weighted by molar-refractivity contribution is 4.92. The van der Waals surface area contributed by atoms with E-state index in [1.807, 2.05) is 29.2 Å². The lowest BCUT2D eigenvalue weighted by molar-refractivity contribution is 0.662. The molecular weight excluding hydrogens is 148 g/mol. The number of hydrogen-bond donors (Lipinski definition) is 1. The Morgan fingerprint density at radius 2 is 1.83 bits per heavy atom. The van der Waals surface area contributed by atoms with Gasteiger partial charge in [0.2, 0.25) is 0 Å². The highest BCUT2D eigenvalue weighted by atomic mass is 15.4. The summed E-state index contributed by atoms with van der Waals surface area (Å²) in [4.78, 5) is 0. The fourth-order valence-electron chi connectivity index (χ4n) is 1.20. The van der Waals surface area contributed by atoms with E-state index in [0.717, 1.165) is 6.54 Å². The monoisotopic (exact) mass is 166 g/mol. The van der Waals surface area contributed by atoms with Gasteiger partial charge in [0.05, 0.1) is 0 Å². The van der Waals surface area contributed by atoms with Gasteiger partial charge < -0.3 is 5.43 Å². The number of aromatic nitrogens is 1. The van der Waals surface area contributed by atoms with Crippen molar-refractivity contribution in [3.05, 3.63) is 24.5 Å². The number of hydrogen-bond acceptors (Lipinski definition) is 1. The van der Waals surface area contributed by atoms with Crippen LogP contribution in [0, 0.1) is 0 Å². The van der Waals surface area contributed by atoms with Gasteiger partial charge in [-0.25, -0.2) is 0 Å². The molecule has 0 saturated carbocycles. The zero-order valence-corrected chi connectivity index (χ0v) is 7.79. The van der Waals surface area contributed by atoms with Crippen molar-refractivity contribution in [2.75, 3.05) is 12.0 Å². The van der Waals surface area contributed by atoms with Crippen LogP contribution in [0.3, 0.4) is 0 Å². The molecule has 0 bridgehead atoms. The van der Waals surface area contributed by atoms with E-state index in [9.17, 15) is 0 Å². The Morgan fingerprint density at radius 3 is 2.50 bits per heavy atom. The second-order valence-electron chi connectivity index (χ2n) is 3.06. The van der Waals surface area contributed by atoms with E-state index in [-0.39, 0.29) is 0 Å². The van der Waals surface area contributed by atoms with E-state index >= 15 is 0 Å². The first kappa shape index (κ1) is 9.17. The van der Waals surface area contributed by atoms with Crippen molar-refractivity contribution in [3.63, 3.8) is 0 Å². The predicted octanol–water partition coefficient (Wildman–Crippen LogP) is 2.61. The summed E-state index contributed by atoms with van der Waals surface area (Å²) < 4.78 is 2.01. The maximum Gasteiger partial charge on any atom is 0.0313 e. The van der Waals surface area contributed by atoms with Gasteiger partial charge in [0, 0.05) is 18.9 Å². The quantitative estimate of drug-likeness (QED) is 0.643. The molecule has 0 saturated heterocycles. The number of nitrogens with one attached hydrogen (secondary N) is 1. The van der Waals surface area contributed by atoms with Crippen LogP contribution >= 0.6 is 0 Å². The summed E-state index contributed by atoms with van der Waals surface area (Å²) in [5, 5.41) is 0. The van der Waals surface area contributed by atoms with Gasteiger partial charge in [-0.1, -0.05) is 26.2 Å². The predicted molar refractivity (Wildman–Crippen MR) is 52.8 cm³/mol. The Labute approximate surface area is 74.6 Å². The maximum absolute atomic E-state index is 3.30. The molecule has 1 rings (SSSR count). The third-order valence-corrected chi connectivity index (χ3v) is 1.93. The molecular formula is C10H18N2. The molecule has 12 heavy (non-hydrogen) atoms. The number of rotatable bonds is 6. The third kappa shape index (κ3) is 3.46. The average Bonchev–Trinajstić information content (AvgIpc) is 2.57. The van der Waals surface area contributed by atoms with E-state index in [1.165, 1.54) is 25.7 Å². The van der Waals surface area contributed by atoms with Crippen molar-refractivity contribution in [1.82, 2.24) is 4.68 Å². The Balaban J connectivity index is 1.96. The molecule has 1 N–H and O–H groups in total. The zero-order chi connectivity index (χ0) is 8.65. The molecule has 0 aliphatic heterocycles. The van der Waals surface area contributed by atoms with Gasteiger partial charge in [0.15, 0.2) is 0 Å². The lowest BCUT2D eigenvalue weighted by Gasteiger charge is -2.06. The SMILES string of the molecule is CCCCCCNn1cccc1. The van der Waals surface area contributed by atoms with Crippen LogP contribution in [0.5, 0.6) is 0 Å². The van der Waals surface area contributed by atoms with Crippen LogP contribution in [0.4, 0.5) is 0 Å². The second-order valence-corrected chi connectivity index (χ2v) is 3.06. The Morgan fingerprint density at radius 1 is 1.08 bits per heavy atom. The van der Waals surface area contributed by atoms with Crippen LogP contribution in [0.2, 0.25) is 0 Å². The zero-order valence-electron chi connectivity index (χ0n) is 7.79. The minimum atomic E-state index is 1.08. The van der Waals surface area contributed by atoms with Gasteiger partial charge in [0.25, 0.3) is 0 Å². The van der Waals surface area contributed by atoms with Crippen molar-refractivity contribution in [2.45, 2.75) is 32.6 Å². The summed E-state index contributed by atoms with van der Waals surface area (Å²) >= 11 is 0. The van der Waals surface area contributed by atoms with Gasteiger partial charge in [-0.05, 0) is 18.6 Å². The van der Waals surface area contributed by atoms with Gasteiger partial charge in [-0.15, -0.1) is 0 Å². The average molecular weight is 166 g/mol. The van der Waals surface area contributed by atoms with Crippen LogP contribution in [-0.2, 0) is 0 Å². The van der Waals surface area contributed by atoms with E-state index in [4.69, 9.17) is 0 Å². The van der Waals surface area contributed by atoms with Crippen LogP contribution in [-0.4, -0.2) is 11.2 Å². The van der Waals surface area contributed by atoms with Gasteiger partial charge in [0.1, 0.15) is 0 Å². The first-order valence-corrected chi connectivity index (χ1v) is 4.80. The van der Waals surface area contributed by atoms with Crippen LogP contribution in [0.25, 0.3) is 0 Å². The van der Waals surface area contributed by atoms with E-state index in [0.29, 0.717) is 0 Å². The molecule has 0 fully saturated rings. The maximum atomic E-state index is 3.30. The van der Waals surface area contributed by atoms with Crippen molar-refractivity contribution in [2.24, 2.45) is 0 Å². The molecule has 1 aromatic heterocycles. The molecule has 1 heterocycles. The molecule has 0 radical (unpaired) electrons. The summed E-state index contributed by atoms with van der Waals surface area (Å²) in [7, 11) is 0. The van der Waals surface area contributed by atoms with Crippen molar-refractivity contribution >= 4 is 0 Å². The molecule has 0 aliphatic carbocycles. The molecule has 1 aromatic rings. The van der Waals surface area contributed by atoms with Crippen molar-refractivity contribution < 1.29 is 0 Å². The van der Waals surface area contributed by atoms with Crippen molar-refractivity contribution in [3.8, 4) is 0 Å². The molecule has 0 spiro atoms. The molecule has 0 amide bonds. The van der Waals surface area contributed by atoms with E-state index in [2.05, 4.69) is 12.3 Å². The summed E-state index contributed by atoms with van der Waals surface area (Å²) in [6, 6.07) is 4.05. The minimum absolute atomic E-state index is 1.08. The minimum Gasteiger partial charge on any atom is -0.326 e. The smallest absolute Gasteiger partial charge is 0.0313 e. The normalized spacial score (nSPS) is 10.1. The molecule has 68 valence electrons. The third-order valence-electron chi connectivity index (χ3n) is 1.93. The lowest BCUT2D eigenvalue weighted by Crippen LogP contribution is -2.13. The highest BCUT2D eigenvalue weighted by Crippen LogP contribution is 1.97. The summed E-state index contributed by atoms with van der Waals surface area (Å²) in [5.41, 5.74) is 3.30. The Hall–Kier alpha value is -0.920. The van der Waals surface area contributed by atoms with Gasteiger partial charge >= 0.3 is 0 Å². The Kier molecular flexibility index (Phi) is 4.35. The topological polar surface area (TPSA) is 17.0 Å². The first-order chi connectivity index (χ1) is 5.93. The fraction of sp³-hybridized carbons (Fsp3) is 0.600. The fourth-order valence-corrected chi connectivity index (χ4v) is 1.20. The second kappa shape index (κ2) is 5.70. The van der Waals surface area contributed by atoms with E-state index in [1.54, 1.807) is 0 Å². The number of unbranched alkanes of at least 4 members (excludes halogenated alkanes) is 3. The summed E-state index contributed by atoms with van der Waals surface area (Å²) in [6.07, 6.45) is 9.33. The molecule has 0 unspecified atom stereocenters.